The summed E-state index contributed by atoms with van der Waals surface area (Å²) in [5.41, 5.74) is 9.49. The number of hydrogen-bond donors (Lipinski definition) is 5. The molecule has 364 valence electrons. The fourth-order valence-corrected chi connectivity index (χ4v) is 6.08. The Morgan fingerprint density at radius 3 is 2.11 bits per heavy atom. The van der Waals surface area contributed by atoms with Crippen LogP contribution in [0.3, 0.4) is 0 Å². The average molecular weight is 902 g/mol. The molecule has 4 rings (SSSR count). The molecule has 0 unspecified atom stereocenters. The molecule has 17 heteroatoms. The Bertz CT molecular complexity index is 1660. The molecule has 1 amide bonds. The number of likely N-dealkylation sites (N-methyl/N-ethyl adjacent to an activating group) is 2. The number of aromatic nitrogens is 3. The van der Waals surface area contributed by atoms with Gasteiger partial charge in [0.15, 0.2) is 5.82 Å². The number of unbranched alkanes of at least 4 members (excludes halogenated alkanes) is 4. The Balaban J connectivity index is 0.00000105. The van der Waals surface area contributed by atoms with Gasteiger partial charge in [-0.1, -0.05) is 78.9 Å². The van der Waals surface area contributed by atoms with E-state index in [0.717, 1.165) is 93.8 Å². The highest BCUT2D eigenvalue weighted by atomic mass is 16.5. The first-order valence-corrected chi connectivity index (χ1v) is 22.7. The summed E-state index contributed by atoms with van der Waals surface area (Å²) >= 11 is 0. The second-order valence-electron chi connectivity index (χ2n) is 15.7. The molecule has 64 heavy (non-hydrogen) atoms. The number of hydrogen-bond acceptors (Lipinski definition) is 15. The number of carbonyl (C=O) groups excluding carboxylic acids is 4. The molecule has 1 aliphatic heterocycles. The zero-order valence-corrected chi connectivity index (χ0v) is 40.6. The van der Waals surface area contributed by atoms with Crippen molar-refractivity contribution in [3.05, 3.63) is 41.6 Å². The van der Waals surface area contributed by atoms with Gasteiger partial charge in [-0.25, -0.2) is 4.98 Å². The molecule has 1 aromatic carbocycles. The van der Waals surface area contributed by atoms with Gasteiger partial charge in [-0.15, -0.1) is 0 Å². The van der Waals surface area contributed by atoms with Crippen molar-refractivity contribution in [2.24, 2.45) is 5.41 Å². The van der Waals surface area contributed by atoms with E-state index in [1.54, 1.807) is 21.0 Å². The van der Waals surface area contributed by atoms with Gasteiger partial charge in [0.1, 0.15) is 30.1 Å². The van der Waals surface area contributed by atoms with Crippen molar-refractivity contribution in [1.82, 2.24) is 35.0 Å². The molecule has 17 nitrogen and oxygen atoms in total. The van der Waals surface area contributed by atoms with E-state index in [0.29, 0.717) is 57.9 Å². The number of ether oxygens (including phenoxy) is 3. The first-order valence-electron chi connectivity index (χ1n) is 22.7. The maximum Gasteiger partial charge on any atom is 0.226 e. The van der Waals surface area contributed by atoms with E-state index in [1.807, 2.05) is 19.3 Å². The SMILES string of the molecule is CC(C)(CC=O)C(=O)NCC=O.CCCCC.CCCCCNc1nc(N)nc2ccn(Cc3ccc(CN4CCN(C)CC4)cc3OC)c12.CNCCOCCOCCC=O.CO. The molecule has 6 N–H and O–H groups in total. The second-order valence-corrected chi connectivity index (χ2v) is 15.7. The highest BCUT2D eigenvalue weighted by Crippen LogP contribution is 2.27. The summed E-state index contributed by atoms with van der Waals surface area (Å²) in [4.78, 5) is 54.9. The number of aliphatic hydroxyl groups excluding tert-OH is 1. The number of aldehydes is 3. The third-order valence-corrected chi connectivity index (χ3v) is 9.90. The minimum Gasteiger partial charge on any atom is -0.496 e. The number of nitrogens with one attached hydrogen (secondary N) is 3. The van der Waals surface area contributed by atoms with Gasteiger partial charge in [0, 0.05) is 77.5 Å². The van der Waals surface area contributed by atoms with Gasteiger partial charge in [-0.3, -0.25) is 9.69 Å². The second kappa shape index (κ2) is 37.8. The highest BCUT2D eigenvalue weighted by molar-refractivity contribution is 5.88. The van der Waals surface area contributed by atoms with Crippen LogP contribution in [-0.4, -0.2) is 155 Å². The van der Waals surface area contributed by atoms with Gasteiger partial charge >= 0.3 is 0 Å². The zero-order valence-electron chi connectivity index (χ0n) is 40.6. The summed E-state index contributed by atoms with van der Waals surface area (Å²) < 4.78 is 18.2. The van der Waals surface area contributed by atoms with Crippen molar-refractivity contribution in [2.75, 3.05) is 112 Å². The van der Waals surface area contributed by atoms with Crippen LogP contribution >= 0.6 is 0 Å². The number of anilines is 2. The average Bonchev–Trinajstić information content (AvgIpc) is 3.70. The highest BCUT2D eigenvalue weighted by Gasteiger charge is 2.26. The normalized spacial score (nSPS) is 12.5. The molecule has 1 aliphatic rings. The molecule has 3 aromatic rings. The molecule has 1 fully saturated rings. The van der Waals surface area contributed by atoms with Crippen molar-refractivity contribution in [1.29, 1.82) is 0 Å². The molecule has 2 aromatic heterocycles. The molecule has 0 radical (unpaired) electrons. The van der Waals surface area contributed by atoms with Gasteiger partial charge in [-0.05, 0) is 38.2 Å². The van der Waals surface area contributed by atoms with E-state index in [1.165, 1.54) is 37.7 Å². The summed E-state index contributed by atoms with van der Waals surface area (Å²) in [6.45, 7) is 20.1. The van der Waals surface area contributed by atoms with Crippen LogP contribution in [0.15, 0.2) is 30.5 Å². The number of benzene rings is 1. The van der Waals surface area contributed by atoms with E-state index in [4.69, 9.17) is 25.1 Å². The van der Waals surface area contributed by atoms with Crippen LogP contribution in [-0.2, 0) is 41.7 Å². The summed E-state index contributed by atoms with van der Waals surface area (Å²) in [6.07, 6.45) is 12.4. The summed E-state index contributed by atoms with van der Waals surface area (Å²) in [5, 5.41) is 15.8. The van der Waals surface area contributed by atoms with Gasteiger partial charge in [0.25, 0.3) is 0 Å². The minimum atomic E-state index is -0.717. The number of nitrogens with two attached hydrogens (primary N) is 1. The Kier molecular flexibility index (Phi) is 35.1. The van der Waals surface area contributed by atoms with Crippen molar-refractivity contribution < 1.29 is 38.5 Å². The lowest BCUT2D eigenvalue weighted by Crippen LogP contribution is -2.43. The quantitative estimate of drug-likeness (QED) is 0.0531. The van der Waals surface area contributed by atoms with Crippen LogP contribution in [0.25, 0.3) is 11.0 Å². The molecule has 1 saturated heterocycles. The minimum absolute atomic E-state index is 0.00111. The molecule has 0 spiro atoms. The van der Waals surface area contributed by atoms with Gasteiger partial charge in [0.2, 0.25) is 11.9 Å². The Morgan fingerprint density at radius 2 is 1.53 bits per heavy atom. The third-order valence-electron chi connectivity index (χ3n) is 9.90. The number of nitrogen functional groups attached to an aromatic ring is 1. The topological polar surface area (TPSA) is 215 Å². The third kappa shape index (κ3) is 25.7. The molecule has 0 aliphatic carbocycles. The van der Waals surface area contributed by atoms with Crippen molar-refractivity contribution in [2.45, 2.75) is 99.1 Å². The monoisotopic (exact) mass is 902 g/mol. The smallest absolute Gasteiger partial charge is 0.226 e. The maximum absolute atomic E-state index is 11.2. The predicted molar refractivity (Wildman–Crippen MR) is 258 cm³/mol. The number of rotatable bonds is 26. The van der Waals surface area contributed by atoms with Gasteiger partial charge < -0.3 is 64.9 Å². The Hall–Kier alpha value is -4.52. The summed E-state index contributed by atoms with van der Waals surface area (Å²) in [5.74, 6) is 1.73. The molecular formula is C47H83N9O8. The Morgan fingerprint density at radius 1 is 0.859 bits per heavy atom. The van der Waals surface area contributed by atoms with E-state index >= 15 is 0 Å². The standard InChI is InChI=1S/C25H37N7O.C8H13NO3.C8H17NO3.C5H12.CH4O/c1-4-5-6-10-27-24-23-21(28-25(26)29-24)9-11-32(23)18-20-8-7-19(16-22(20)33-3)17-31-14-12-30(2)13-15-31;1-8(2,3-5-10)7(12)9-4-6-11;1-9-3-6-12-8-7-11-5-2-4-10;1-3-5-4-2;1-2/h7-9,11,16H,4-6,10,12-15,17-18H2,1-3H3,(H3,26,27,28,29);5-6H,3-4H2,1-2H3,(H,9,12);4,9H,2-3,5-8H2,1H3;3-5H2,1-2H3;2H,1H3. The Labute approximate surface area is 383 Å². The van der Waals surface area contributed by atoms with Crippen LogP contribution in [0, 0.1) is 5.41 Å². The van der Waals surface area contributed by atoms with Crippen LogP contribution in [0.2, 0.25) is 0 Å². The van der Waals surface area contributed by atoms with Gasteiger partial charge in [0.05, 0.1) is 57.6 Å². The molecule has 0 atom stereocenters. The number of aliphatic hydroxyl groups is 1. The lowest BCUT2D eigenvalue weighted by molar-refractivity contribution is -0.132. The van der Waals surface area contributed by atoms with Crippen LogP contribution in [0.4, 0.5) is 11.8 Å². The number of nitrogens with zero attached hydrogens (tertiary/aromatic N) is 5. The van der Waals surface area contributed by atoms with Crippen molar-refractivity contribution in [3.8, 4) is 5.75 Å². The van der Waals surface area contributed by atoms with E-state index in [9.17, 15) is 19.2 Å². The van der Waals surface area contributed by atoms with Crippen LogP contribution in [0.1, 0.15) is 97.1 Å². The lowest BCUT2D eigenvalue weighted by Gasteiger charge is -2.32. The number of amides is 1. The van der Waals surface area contributed by atoms with Gasteiger partial charge in [-0.2, -0.15) is 4.98 Å². The van der Waals surface area contributed by atoms with Crippen LogP contribution < -0.4 is 26.4 Å². The molecular weight excluding hydrogens is 819 g/mol. The largest absolute Gasteiger partial charge is 0.496 e. The zero-order chi connectivity index (χ0) is 48.0. The maximum atomic E-state index is 11.2. The fraction of sp³-hybridized carbons (Fsp3) is 0.660. The lowest BCUT2D eigenvalue weighted by atomic mass is 9.89. The van der Waals surface area contributed by atoms with E-state index in [2.05, 4.69) is 86.3 Å². The fourth-order valence-electron chi connectivity index (χ4n) is 6.08. The van der Waals surface area contributed by atoms with E-state index < -0.39 is 5.41 Å². The van der Waals surface area contributed by atoms with Crippen molar-refractivity contribution >= 4 is 47.6 Å². The first kappa shape index (κ1) is 59.5. The summed E-state index contributed by atoms with van der Waals surface area (Å²) in [7, 11) is 6.81. The molecule has 0 bridgehead atoms. The number of fused-ring (bicyclic) bond motifs is 1. The van der Waals surface area contributed by atoms with E-state index in [-0.39, 0.29) is 18.9 Å². The molecule has 0 saturated carbocycles. The molecule has 3 heterocycles. The first-order chi connectivity index (χ1) is 30.9. The number of piperazine rings is 1. The number of carbonyl (C=O) groups is 4. The van der Waals surface area contributed by atoms with Crippen LogP contribution in [0.5, 0.6) is 5.75 Å². The number of methoxy groups -OCH3 is 1. The summed E-state index contributed by atoms with van der Waals surface area (Å²) in [6, 6.07) is 8.58. The van der Waals surface area contributed by atoms with Crippen molar-refractivity contribution in [3.63, 3.8) is 0 Å². The predicted octanol–water partition coefficient (Wildman–Crippen LogP) is 4.97.